The van der Waals surface area contributed by atoms with Gasteiger partial charge in [0, 0.05) is 6.07 Å². The fourth-order valence-electron chi connectivity index (χ4n) is 2.33. The van der Waals surface area contributed by atoms with E-state index < -0.39 is 22.9 Å². The molecule has 0 heterocycles. The molecule has 0 aliphatic carbocycles. The van der Waals surface area contributed by atoms with Crippen LogP contribution in [0.2, 0.25) is 0 Å². The predicted octanol–water partition coefficient (Wildman–Crippen LogP) is 7.47. The molecule has 0 N–H and O–H groups in total. The first-order valence-corrected chi connectivity index (χ1v) is 8.15. The average molecular weight is 370 g/mol. The zero-order chi connectivity index (χ0) is 19.6. The molecule has 0 aliphatic heterocycles. The highest BCUT2D eigenvalue weighted by molar-refractivity contribution is 5.30. The molecule has 0 saturated heterocycles. The Kier molecular flexibility index (Phi) is 8.08. The smallest absolute Gasteiger partial charge is 0.162 e. The van der Waals surface area contributed by atoms with E-state index >= 15 is 0 Å². The lowest BCUT2D eigenvalue weighted by Gasteiger charge is -2.20. The Labute approximate surface area is 155 Å². The largest absolute Gasteiger partial charge is 0.207 e. The summed E-state index contributed by atoms with van der Waals surface area (Å²) in [5.74, 6) is -2.91. The monoisotopic (exact) mass is 370 g/mol. The quantitative estimate of drug-likeness (QED) is 0.333. The van der Waals surface area contributed by atoms with Crippen LogP contribution in [0.1, 0.15) is 65.7 Å². The van der Waals surface area contributed by atoms with E-state index in [4.69, 9.17) is 0 Å². The van der Waals surface area contributed by atoms with E-state index in [1.165, 1.54) is 0 Å². The van der Waals surface area contributed by atoms with E-state index in [9.17, 15) is 17.6 Å². The molecule has 0 amide bonds. The van der Waals surface area contributed by atoms with Crippen molar-refractivity contribution in [2.45, 2.75) is 66.7 Å². The van der Waals surface area contributed by atoms with Gasteiger partial charge in [0.15, 0.2) is 11.6 Å². The fraction of sp³-hybridized carbons (Fsp3) is 0.455. The van der Waals surface area contributed by atoms with Crippen molar-refractivity contribution < 1.29 is 17.6 Å². The number of rotatable bonds is 0. The molecule has 0 spiro atoms. The standard InChI is InChI=1S/C11H15F.C10H11F3.CH4/c1-8-6-5-7-9(10(8)12)11(2,3)4;1-10(2,3)7-4-6(11)5-8(12)9(7)13;/h5-7H,1-4H3;4-5H,1-3H3;1H4. The molecule has 0 aromatic heterocycles. The predicted molar refractivity (Wildman–Crippen MR) is 102 cm³/mol. The molecule has 0 bridgehead atoms. The summed E-state index contributed by atoms with van der Waals surface area (Å²) in [6.45, 7) is 12.9. The van der Waals surface area contributed by atoms with Crippen molar-refractivity contribution in [2.75, 3.05) is 0 Å². The van der Waals surface area contributed by atoms with Crippen LogP contribution in [0.3, 0.4) is 0 Å². The normalized spacial score (nSPS) is 11.3. The minimum Gasteiger partial charge on any atom is -0.207 e. The van der Waals surface area contributed by atoms with E-state index in [2.05, 4.69) is 0 Å². The zero-order valence-electron chi connectivity index (χ0n) is 15.9. The Hall–Kier alpha value is -1.84. The average Bonchev–Trinajstić information content (AvgIpc) is 2.44. The lowest BCUT2D eigenvalue weighted by Crippen LogP contribution is -2.15. The van der Waals surface area contributed by atoms with Crippen LogP contribution in [-0.4, -0.2) is 0 Å². The third-order valence-electron chi connectivity index (χ3n) is 3.80. The summed E-state index contributed by atoms with van der Waals surface area (Å²) >= 11 is 0. The number of hydrogen-bond donors (Lipinski definition) is 0. The third-order valence-corrected chi connectivity index (χ3v) is 3.80. The van der Waals surface area contributed by atoms with Crippen LogP contribution in [0.5, 0.6) is 0 Å². The number of aryl methyl sites for hydroxylation is 1. The molecule has 2 aromatic rings. The van der Waals surface area contributed by atoms with Crippen LogP contribution < -0.4 is 0 Å². The van der Waals surface area contributed by atoms with Gasteiger partial charge in [-0.1, -0.05) is 67.2 Å². The summed E-state index contributed by atoms with van der Waals surface area (Å²) in [7, 11) is 0. The molecule has 0 fully saturated rings. The Balaban J connectivity index is 0.000000464. The minimum atomic E-state index is -1.13. The summed E-state index contributed by atoms with van der Waals surface area (Å²) in [5.41, 5.74) is 0.887. The zero-order valence-corrected chi connectivity index (χ0v) is 15.9. The Morgan fingerprint density at radius 3 is 1.62 bits per heavy atom. The van der Waals surface area contributed by atoms with Crippen molar-refractivity contribution >= 4 is 0 Å². The maximum Gasteiger partial charge on any atom is 0.162 e. The van der Waals surface area contributed by atoms with Crippen LogP contribution in [-0.2, 0) is 10.8 Å². The lowest BCUT2D eigenvalue weighted by atomic mass is 9.86. The summed E-state index contributed by atoms with van der Waals surface area (Å²) in [4.78, 5) is 0. The van der Waals surface area contributed by atoms with E-state index in [0.29, 0.717) is 6.07 Å². The van der Waals surface area contributed by atoms with E-state index in [1.807, 2.05) is 32.9 Å². The van der Waals surface area contributed by atoms with Gasteiger partial charge < -0.3 is 0 Å². The molecule has 0 aliphatic rings. The highest BCUT2D eigenvalue weighted by Crippen LogP contribution is 2.27. The molecule has 0 unspecified atom stereocenters. The van der Waals surface area contributed by atoms with Gasteiger partial charge in [0.25, 0.3) is 0 Å². The van der Waals surface area contributed by atoms with Gasteiger partial charge in [-0.2, -0.15) is 0 Å². The minimum absolute atomic E-state index is 0. The molecular formula is C22H30F4. The van der Waals surface area contributed by atoms with Gasteiger partial charge >= 0.3 is 0 Å². The number of hydrogen-bond acceptors (Lipinski definition) is 0. The van der Waals surface area contributed by atoms with Crippen LogP contribution in [0.15, 0.2) is 30.3 Å². The lowest BCUT2D eigenvalue weighted by molar-refractivity contribution is 0.452. The van der Waals surface area contributed by atoms with Crippen LogP contribution in [0.25, 0.3) is 0 Å². The Morgan fingerprint density at radius 1 is 0.692 bits per heavy atom. The highest BCUT2D eigenvalue weighted by Gasteiger charge is 2.22. The molecule has 0 atom stereocenters. The van der Waals surface area contributed by atoms with Gasteiger partial charge in [-0.15, -0.1) is 0 Å². The summed E-state index contributed by atoms with van der Waals surface area (Å²) in [5, 5.41) is 0. The summed E-state index contributed by atoms with van der Waals surface area (Å²) < 4.78 is 52.1. The van der Waals surface area contributed by atoms with Gasteiger partial charge in [-0.05, 0) is 40.5 Å². The molecule has 146 valence electrons. The van der Waals surface area contributed by atoms with Crippen molar-refractivity contribution in [3.05, 3.63) is 70.3 Å². The van der Waals surface area contributed by atoms with Crippen molar-refractivity contribution in [3.8, 4) is 0 Å². The van der Waals surface area contributed by atoms with Gasteiger partial charge in [0.05, 0.1) is 0 Å². The van der Waals surface area contributed by atoms with E-state index in [1.54, 1.807) is 33.8 Å². The van der Waals surface area contributed by atoms with Gasteiger partial charge in [0.2, 0.25) is 0 Å². The molecule has 0 nitrogen and oxygen atoms in total. The topological polar surface area (TPSA) is 0 Å². The van der Waals surface area contributed by atoms with Crippen LogP contribution in [0.4, 0.5) is 17.6 Å². The molecule has 26 heavy (non-hydrogen) atoms. The van der Waals surface area contributed by atoms with Crippen molar-refractivity contribution in [3.63, 3.8) is 0 Å². The Bertz CT molecular complexity index is 735. The highest BCUT2D eigenvalue weighted by atomic mass is 19.2. The first-order chi connectivity index (χ1) is 11.2. The van der Waals surface area contributed by atoms with Gasteiger partial charge in [-0.3, -0.25) is 0 Å². The first kappa shape index (κ1) is 24.2. The molecule has 4 heteroatoms. The second kappa shape index (κ2) is 8.70. The van der Waals surface area contributed by atoms with Crippen molar-refractivity contribution in [1.82, 2.24) is 0 Å². The summed E-state index contributed by atoms with van der Waals surface area (Å²) in [6.07, 6.45) is 0. The second-order valence-corrected chi connectivity index (χ2v) is 8.19. The van der Waals surface area contributed by atoms with Gasteiger partial charge in [0.1, 0.15) is 11.6 Å². The maximum atomic E-state index is 13.5. The summed E-state index contributed by atoms with van der Waals surface area (Å²) in [6, 6.07) is 7.12. The molecule has 2 rings (SSSR count). The SMILES string of the molecule is C.CC(C)(C)c1cc(F)cc(F)c1F.Cc1cccc(C(C)(C)C)c1F. The number of halogens is 4. The second-order valence-electron chi connectivity index (χ2n) is 8.19. The molecule has 0 saturated carbocycles. The van der Waals surface area contributed by atoms with Crippen LogP contribution >= 0.6 is 0 Å². The number of benzene rings is 2. The van der Waals surface area contributed by atoms with Crippen molar-refractivity contribution in [2.24, 2.45) is 0 Å². The first-order valence-electron chi connectivity index (χ1n) is 8.15. The molecule has 2 aromatic carbocycles. The Morgan fingerprint density at radius 2 is 1.19 bits per heavy atom. The van der Waals surface area contributed by atoms with E-state index in [0.717, 1.165) is 17.2 Å². The maximum absolute atomic E-state index is 13.5. The van der Waals surface area contributed by atoms with Crippen molar-refractivity contribution in [1.29, 1.82) is 0 Å². The molecular weight excluding hydrogens is 340 g/mol. The fourth-order valence-corrected chi connectivity index (χ4v) is 2.33. The van der Waals surface area contributed by atoms with Crippen LogP contribution in [0, 0.1) is 30.2 Å². The molecule has 0 radical (unpaired) electrons. The van der Waals surface area contributed by atoms with E-state index in [-0.39, 0.29) is 24.2 Å². The third kappa shape index (κ3) is 6.15. The van der Waals surface area contributed by atoms with Gasteiger partial charge in [-0.25, -0.2) is 17.6 Å².